The van der Waals surface area contributed by atoms with E-state index < -0.39 is 39.4 Å². The van der Waals surface area contributed by atoms with Gasteiger partial charge in [0.2, 0.25) is 0 Å². The van der Waals surface area contributed by atoms with E-state index in [9.17, 15) is 26.4 Å². The number of unbranched alkanes of at least 4 members (excludes halogenated alkanes) is 8. The Balaban J connectivity index is 2.83. The molecule has 0 fully saturated rings. The van der Waals surface area contributed by atoms with Gasteiger partial charge in [-0.2, -0.15) is 21.6 Å². The van der Waals surface area contributed by atoms with Crippen LogP contribution in [0.15, 0.2) is 11.8 Å². The Morgan fingerprint density at radius 3 is 2.03 bits per heavy atom. The molecule has 0 bridgehead atoms. The molecule has 6 nitrogen and oxygen atoms in total. The van der Waals surface area contributed by atoms with Crippen molar-refractivity contribution in [1.82, 2.24) is 4.90 Å². The zero-order chi connectivity index (χ0) is 25.3. The molecule has 0 aliphatic carbocycles. The van der Waals surface area contributed by atoms with Crippen LogP contribution in [0.4, 0.5) is 18.0 Å². The number of carbonyl (C=O) groups excluding carboxylic acids is 1. The molecule has 1 aliphatic heterocycles. The van der Waals surface area contributed by atoms with Crippen LogP contribution < -0.4 is 0 Å². The SMILES string of the molecule is CCCCCCCCCCC[C@H]1C=C(OS(=O)(=O)C(F)(F)F)C[C@@H](C)N1C(=O)OC(C)(C)C. The molecule has 33 heavy (non-hydrogen) atoms. The van der Waals surface area contributed by atoms with Gasteiger partial charge >= 0.3 is 21.7 Å². The van der Waals surface area contributed by atoms with E-state index in [0.29, 0.717) is 6.42 Å². The predicted octanol–water partition coefficient (Wildman–Crippen LogP) is 7.06. The molecule has 0 unspecified atom stereocenters. The van der Waals surface area contributed by atoms with Crippen LogP contribution in [0.1, 0.15) is 105 Å². The van der Waals surface area contributed by atoms with Gasteiger partial charge in [0.05, 0.1) is 6.04 Å². The van der Waals surface area contributed by atoms with Gasteiger partial charge in [-0.1, -0.05) is 64.7 Å². The summed E-state index contributed by atoms with van der Waals surface area (Å²) in [4.78, 5) is 14.3. The van der Waals surface area contributed by atoms with E-state index in [1.807, 2.05) is 0 Å². The van der Waals surface area contributed by atoms with Crippen LogP contribution in [-0.2, 0) is 19.0 Å². The average Bonchev–Trinajstić information content (AvgIpc) is 2.63. The molecular weight excluding hydrogens is 459 g/mol. The second-order valence-electron chi connectivity index (χ2n) is 9.74. The smallest absolute Gasteiger partial charge is 0.444 e. The summed E-state index contributed by atoms with van der Waals surface area (Å²) in [6, 6.07) is -1.18. The fraction of sp³-hybridized carbons (Fsp3) is 0.870. The molecule has 0 saturated heterocycles. The zero-order valence-electron chi connectivity index (χ0n) is 20.5. The number of amides is 1. The largest absolute Gasteiger partial charge is 0.534 e. The Labute approximate surface area is 197 Å². The third-order valence-corrected chi connectivity index (χ3v) is 6.42. The van der Waals surface area contributed by atoms with E-state index in [0.717, 1.165) is 25.7 Å². The Kier molecular flexibility index (Phi) is 11.5. The van der Waals surface area contributed by atoms with Gasteiger partial charge in [0, 0.05) is 12.5 Å². The normalized spacial score (nSPS) is 19.9. The lowest BCUT2D eigenvalue weighted by molar-refractivity contribution is -0.0529. The van der Waals surface area contributed by atoms with Gasteiger partial charge in [0.15, 0.2) is 0 Å². The third-order valence-electron chi connectivity index (χ3n) is 5.42. The minimum absolute atomic E-state index is 0.150. The van der Waals surface area contributed by atoms with Crippen molar-refractivity contribution in [3.8, 4) is 0 Å². The molecule has 1 amide bonds. The van der Waals surface area contributed by atoms with Gasteiger partial charge in [-0.05, 0) is 40.2 Å². The molecule has 0 radical (unpaired) electrons. The molecule has 194 valence electrons. The zero-order valence-corrected chi connectivity index (χ0v) is 21.4. The van der Waals surface area contributed by atoms with E-state index in [4.69, 9.17) is 4.74 Å². The van der Waals surface area contributed by atoms with Gasteiger partial charge in [-0.3, -0.25) is 4.90 Å². The van der Waals surface area contributed by atoms with Gasteiger partial charge in [0.1, 0.15) is 11.4 Å². The highest BCUT2D eigenvalue weighted by atomic mass is 32.2. The molecule has 0 N–H and O–H groups in total. The topological polar surface area (TPSA) is 72.9 Å². The van der Waals surface area contributed by atoms with Crippen LogP contribution in [0.2, 0.25) is 0 Å². The average molecular weight is 500 g/mol. The second kappa shape index (κ2) is 12.9. The van der Waals surface area contributed by atoms with E-state index in [-0.39, 0.29) is 12.2 Å². The Morgan fingerprint density at radius 2 is 1.55 bits per heavy atom. The Hall–Kier alpha value is -1.45. The number of alkyl halides is 3. The molecule has 0 aromatic rings. The summed E-state index contributed by atoms with van der Waals surface area (Å²) in [5.74, 6) is -0.291. The summed E-state index contributed by atoms with van der Waals surface area (Å²) in [6.07, 6.45) is 11.0. The first-order chi connectivity index (χ1) is 15.2. The number of nitrogens with zero attached hydrogens (tertiary/aromatic N) is 1. The molecule has 10 heteroatoms. The van der Waals surface area contributed by atoms with Crippen LogP contribution in [0.5, 0.6) is 0 Å². The molecular formula is C23H40F3NO5S. The van der Waals surface area contributed by atoms with Crippen molar-refractivity contribution in [2.24, 2.45) is 0 Å². The number of rotatable bonds is 12. The molecule has 1 heterocycles. The van der Waals surface area contributed by atoms with Crippen LogP contribution in [0, 0.1) is 0 Å². The Morgan fingerprint density at radius 1 is 1.03 bits per heavy atom. The van der Waals surface area contributed by atoms with E-state index in [1.165, 1.54) is 43.1 Å². The maximum absolute atomic E-state index is 12.8. The first-order valence-corrected chi connectivity index (χ1v) is 13.3. The molecule has 0 saturated carbocycles. The summed E-state index contributed by atoms with van der Waals surface area (Å²) >= 11 is 0. The summed E-state index contributed by atoms with van der Waals surface area (Å²) in [5.41, 5.74) is -6.24. The van der Waals surface area contributed by atoms with E-state index >= 15 is 0 Å². The monoisotopic (exact) mass is 499 g/mol. The Bertz CT molecular complexity index is 744. The van der Waals surface area contributed by atoms with Crippen LogP contribution in [0.25, 0.3) is 0 Å². The van der Waals surface area contributed by atoms with Crippen LogP contribution >= 0.6 is 0 Å². The van der Waals surface area contributed by atoms with Crippen LogP contribution in [-0.4, -0.2) is 42.6 Å². The number of halogens is 3. The van der Waals surface area contributed by atoms with Gasteiger partial charge in [-0.15, -0.1) is 0 Å². The standard InChI is InChI=1S/C23H40F3NO5S/c1-6-7-8-9-10-11-12-13-14-15-19-17-20(32-33(29,30)23(24,25)26)16-18(2)27(19)21(28)31-22(3,4)5/h17-19H,6-16H2,1-5H3/t18-,19+/m1/s1. The summed E-state index contributed by atoms with van der Waals surface area (Å²) < 4.78 is 71.1. The maximum atomic E-state index is 12.8. The summed E-state index contributed by atoms with van der Waals surface area (Å²) in [5, 5.41) is 0. The van der Waals surface area contributed by atoms with Crippen molar-refractivity contribution >= 4 is 16.2 Å². The lowest BCUT2D eigenvalue weighted by Crippen LogP contribution is -2.50. The van der Waals surface area contributed by atoms with E-state index in [2.05, 4.69) is 11.1 Å². The van der Waals surface area contributed by atoms with Crippen LogP contribution in [0.3, 0.4) is 0 Å². The van der Waals surface area contributed by atoms with Crippen molar-refractivity contribution < 1.29 is 35.3 Å². The fourth-order valence-corrected chi connectivity index (χ4v) is 4.35. The summed E-state index contributed by atoms with van der Waals surface area (Å²) in [7, 11) is -5.76. The van der Waals surface area contributed by atoms with Gasteiger partial charge in [0.25, 0.3) is 0 Å². The number of carbonyl (C=O) groups is 1. The molecule has 0 aromatic heterocycles. The number of hydrogen-bond donors (Lipinski definition) is 0. The highest BCUT2D eigenvalue weighted by Crippen LogP contribution is 2.33. The highest BCUT2D eigenvalue weighted by Gasteiger charge is 2.49. The lowest BCUT2D eigenvalue weighted by atomic mass is 9.97. The number of hydrogen-bond acceptors (Lipinski definition) is 5. The predicted molar refractivity (Wildman–Crippen MR) is 122 cm³/mol. The second-order valence-corrected chi connectivity index (χ2v) is 11.3. The van der Waals surface area contributed by atoms with Crippen molar-refractivity contribution in [3.63, 3.8) is 0 Å². The quantitative estimate of drug-likeness (QED) is 0.163. The maximum Gasteiger partial charge on any atom is 0.534 e. The first-order valence-electron chi connectivity index (χ1n) is 11.9. The summed E-state index contributed by atoms with van der Waals surface area (Å²) in [6.45, 7) is 9.01. The first kappa shape index (κ1) is 29.6. The van der Waals surface area contributed by atoms with Crippen molar-refractivity contribution in [2.45, 2.75) is 128 Å². The minimum Gasteiger partial charge on any atom is -0.444 e. The molecule has 0 aromatic carbocycles. The molecule has 1 aliphatic rings. The molecule has 0 spiro atoms. The highest BCUT2D eigenvalue weighted by molar-refractivity contribution is 7.87. The fourth-order valence-electron chi connectivity index (χ4n) is 3.85. The lowest BCUT2D eigenvalue weighted by Gasteiger charge is -2.39. The van der Waals surface area contributed by atoms with Crippen molar-refractivity contribution in [1.29, 1.82) is 0 Å². The van der Waals surface area contributed by atoms with E-state index in [1.54, 1.807) is 27.7 Å². The minimum atomic E-state index is -5.76. The third kappa shape index (κ3) is 10.6. The van der Waals surface area contributed by atoms with Gasteiger partial charge < -0.3 is 8.92 Å². The molecule has 2 atom stereocenters. The van der Waals surface area contributed by atoms with Crippen molar-refractivity contribution in [2.75, 3.05) is 0 Å². The van der Waals surface area contributed by atoms with Gasteiger partial charge in [-0.25, -0.2) is 4.79 Å². The number of ether oxygens (including phenoxy) is 1. The van der Waals surface area contributed by atoms with Crippen molar-refractivity contribution in [3.05, 3.63) is 11.8 Å². The molecule has 1 rings (SSSR count).